The van der Waals surface area contributed by atoms with Gasteiger partial charge in [-0.1, -0.05) is 30.3 Å². The van der Waals surface area contributed by atoms with Gasteiger partial charge in [0.2, 0.25) is 0 Å². The van der Waals surface area contributed by atoms with Crippen molar-refractivity contribution in [3.63, 3.8) is 0 Å². The van der Waals surface area contributed by atoms with Gasteiger partial charge in [-0.05, 0) is 24.6 Å². The van der Waals surface area contributed by atoms with Gasteiger partial charge in [0.05, 0.1) is 18.9 Å². The Labute approximate surface area is 108 Å². The average Bonchev–Trinajstić information content (AvgIpc) is 2.82. The fraction of sp³-hybridized carbons (Fsp3) is 0.333. The van der Waals surface area contributed by atoms with Gasteiger partial charge in [-0.2, -0.15) is 0 Å². The number of furan rings is 1. The molecule has 1 aromatic heterocycles. The topological polar surface area (TPSA) is 36.6 Å². The van der Waals surface area contributed by atoms with Gasteiger partial charge in [0.1, 0.15) is 5.76 Å². The monoisotopic (exact) mass is 245 g/mol. The van der Waals surface area contributed by atoms with E-state index in [1.807, 2.05) is 30.3 Å². The summed E-state index contributed by atoms with van der Waals surface area (Å²) in [4.78, 5) is 2.18. The first kappa shape index (κ1) is 12.9. The van der Waals surface area contributed by atoms with Crippen molar-refractivity contribution in [2.75, 3.05) is 6.54 Å². The lowest BCUT2D eigenvalue weighted by molar-refractivity contribution is 0.113. The number of hydrogen-bond donors (Lipinski definition) is 1. The minimum atomic E-state index is -0.344. The predicted molar refractivity (Wildman–Crippen MR) is 70.9 cm³/mol. The van der Waals surface area contributed by atoms with Gasteiger partial charge in [-0.25, -0.2) is 0 Å². The Balaban J connectivity index is 2.01. The van der Waals surface area contributed by atoms with Gasteiger partial charge < -0.3 is 9.52 Å². The molecule has 2 aromatic rings. The summed E-state index contributed by atoms with van der Waals surface area (Å²) in [6.07, 6.45) is 1.34. The smallest absolute Gasteiger partial charge is 0.117 e. The number of hydrogen-bond acceptors (Lipinski definition) is 3. The van der Waals surface area contributed by atoms with Crippen LogP contribution in [0.4, 0.5) is 0 Å². The number of benzene rings is 1. The van der Waals surface area contributed by atoms with Crippen molar-refractivity contribution >= 4 is 0 Å². The second kappa shape index (κ2) is 6.38. The molecule has 0 bridgehead atoms. The highest BCUT2D eigenvalue weighted by molar-refractivity contribution is 5.14. The van der Waals surface area contributed by atoms with Crippen LogP contribution in [0.25, 0.3) is 0 Å². The van der Waals surface area contributed by atoms with Crippen molar-refractivity contribution in [1.29, 1.82) is 0 Å². The van der Waals surface area contributed by atoms with E-state index in [1.54, 1.807) is 13.2 Å². The molecule has 1 heterocycles. The maximum absolute atomic E-state index is 9.56. The zero-order valence-corrected chi connectivity index (χ0v) is 10.6. The van der Waals surface area contributed by atoms with Crippen LogP contribution in [-0.2, 0) is 13.1 Å². The quantitative estimate of drug-likeness (QED) is 0.850. The third-order valence-corrected chi connectivity index (χ3v) is 2.73. The van der Waals surface area contributed by atoms with Gasteiger partial charge in [0, 0.05) is 13.1 Å². The second-order valence-electron chi connectivity index (χ2n) is 4.58. The third kappa shape index (κ3) is 4.02. The van der Waals surface area contributed by atoms with Crippen LogP contribution >= 0.6 is 0 Å². The first-order valence-electron chi connectivity index (χ1n) is 6.21. The molecule has 0 saturated carbocycles. The molecule has 0 fully saturated rings. The molecule has 1 aromatic carbocycles. The Morgan fingerprint density at radius 3 is 2.50 bits per heavy atom. The summed E-state index contributed by atoms with van der Waals surface area (Å²) in [7, 11) is 0. The molecular formula is C15H19NO2. The first-order valence-corrected chi connectivity index (χ1v) is 6.21. The lowest BCUT2D eigenvalue weighted by atomic mass is 10.2. The normalized spacial score (nSPS) is 12.8. The largest absolute Gasteiger partial charge is 0.468 e. The van der Waals surface area contributed by atoms with E-state index >= 15 is 0 Å². The Kier molecular flexibility index (Phi) is 4.56. The average molecular weight is 245 g/mol. The number of nitrogens with zero attached hydrogens (tertiary/aromatic N) is 1. The maximum Gasteiger partial charge on any atom is 0.117 e. The first-order chi connectivity index (χ1) is 8.74. The Morgan fingerprint density at radius 2 is 1.89 bits per heavy atom. The number of aliphatic hydroxyl groups excluding tert-OH is 1. The Bertz CT molecular complexity index is 437. The second-order valence-corrected chi connectivity index (χ2v) is 4.58. The molecule has 1 unspecified atom stereocenters. The van der Waals surface area contributed by atoms with E-state index in [0.29, 0.717) is 13.1 Å². The molecule has 3 heteroatoms. The lowest BCUT2D eigenvalue weighted by Gasteiger charge is -2.22. The fourth-order valence-corrected chi connectivity index (χ4v) is 2.02. The van der Waals surface area contributed by atoms with E-state index in [4.69, 9.17) is 4.42 Å². The van der Waals surface area contributed by atoms with Crippen LogP contribution in [0.2, 0.25) is 0 Å². The Hall–Kier alpha value is -1.58. The van der Waals surface area contributed by atoms with Crippen LogP contribution in [0.3, 0.4) is 0 Å². The van der Waals surface area contributed by atoms with Crippen LogP contribution in [0.15, 0.2) is 53.1 Å². The molecule has 0 spiro atoms. The maximum atomic E-state index is 9.56. The van der Waals surface area contributed by atoms with Crippen LogP contribution in [0.5, 0.6) is 0 Å². The Morgan fingerprint density at radius 1 is 1.11 bits per heavy atom. The predicted octanol–water partition coefficient (Wildman–Crippen LogP) is 2.66. The summed E-state index contributed by atoms with van der Waals surface area (Å²) in [5.74, 6) is 0.923. The third-order valence-electron chi connectivity index (χ3n) is 2.73. The fourth-order valence-electron chi connectivity index (χ4n) is 2.02. The van der Waals surface area contributed by atoms with E-state index in [-0.39, 0.29) is 6.10 Å². The van der Waals surface area contributed by atoms with Crippen molar-refractivity contribution < 1.29 is 9.52 Å². The van der Waals surface area contributed by atoms with E-state index in [1.165, 1.54) is 5.56 Å². The highest BCUT2D eigenvalue weighted by atomic mass is 16.3. The zero-order valence-electron chi connectivity index (χ0n) is 10.6. The van der Waals surface area contributed by atoms with Crippen LogP contribution in [0, 0.1) is 0 Å². The molecule has 2 rings (SSSR count). The van der Waals surface area contributed by atoms with Gasteiger partial charge in [0.25, 0.3) is 0 Å². The molecule has 18 heavy (non-hydrogen) atoms. The minimum Gasteiger partial charge on any atom is -0.468 e. The van der Waals surface area contributed by atoms with E-state index in [9.17, 15) is 5.11 Å². The molecule has 0 aliphatic heterocycles. The highest BCUT2D eigenvalue weighted by Gasteiger charge is 2.11. The van der Waals surface area contributed by atoms with Crippen LogP contribution < -0.4 is 0 Å². The van der Waals surface area contributed by atoms with Gasteiger partial charge in [0.15, 0.2) is 0 Å². The number of rotatable bonds is 6. The van der Waals surface area contributed by atoms with Gasteiger partial charge in [-0.3, -0.25) is 4.90 Å². The van der Waals surface area contributed by atoms with Crippen molar-refractivity contribution in [3.05, 3.63) is 60.1 Å². The molecule has 3 nitrogen and oxygen atoms in total. The van der Waals surface area contributed by atoms with E-state index in [0.717, 1.165) is 12.3 Å². The summed E-state index contributed by atoms with van der Waals surface area (Å²) >= 11 is 0. The molecule has 1 N–H and O–H groups in total. The molecule has 0 radical (unpaired) electrons. The molecule has 1 atom stereocenters. The molecule has 0 aliphatic rings. The molecule has 0 saturated heterocycles. The van der Waals surface area contributed by atoms with Crippen LogP contribution in [-0.4, -0.2) is 22.7 Å². The van der Waals surface area contributed by atoms with Crippen molar-refractivity contribution in [2.45, 2.75) is 26.1 Å². The summed E-state index contributed by atoms with van der Waals surface area (Å²) in [6.45, 7) is 3.97. The molecule has 0 amide bonds. The molecule has 0 aliphatic carbocycles. The van der Waals surface area contributed by atoms with Gasteiger partial charge >= 0.3 is 0 Å². The van der Waals surface area contributed by atoms with Crippen molar-refractivity contribution in [1.82, 2.24) is 4.90 Å². The molecule has 96 valence electrons. The van der Waals surface area contributed by atoms with Crippen LogP contribution in [0.1, 0.15) is 18.2 Å². The SMILES string of the molecule is CC(O)CN(Cc1ccccc1)Cc1ccco1. The standard InChI is InChI=1S/C15H19NO2/c1-13(17)10-16(12-15-8-5-9-18-15)11-14-6-3-2-4-7-14/h2-9,13,17H,10-12H2,1H3. The minimum absolute atomic E-state index is 0.344. The summed E-state index contributed by atoms with van der Waals surface area (Å²) in [5.41, 5.74) is 1.24. The van der Waals surface area contributed by atoms with E-state index < -0.39 is 0 Å². The zero-order chi connectivity index (χ0) is 12.8. The molecular weight excluding hydrogens is 226 g/mol. The lowest BCUT2D eigenvalue weighted by Crippen LogP contribution is -2.30. The van der Waals surface area contributed by atoms with Crippen molar-refractivity contribution in [3.8, 4) is 0 Å². The summed E-state index contributed by atoms with van der Waals surface area (Å²) in [5, 5.41) is 9.56. The highest BCUT2D eigenvalue weighted by Crippen LogP contribution is 2.11. The number of aliphatic hydroxyl groups is 1. The van der Waals surface area contributed by atoms with E-state index in [2.05, 4.69) is 17.0 Å². The van der Waals surface area contributed by atoms with Crippen molar-refractivity contribution in [2.24, 2.45) is 0 Å². The summed E-state index contributed by atoms with van der Waals surface area (Å²) < 4.78 is 5.36. The van der Waals surface area contributed by atoms with Gasteiger partial charge in [-0.15, -0.1) is 0 Å². The summed E-state index contributed by atoms with van der Waals surface area (Å²) in [6, 6.07) is 14.1.